The van der Waals surface area contributed by atoms with Crippen LogP contribution in [0.15, 0.2) is 24.3 Å². The van der Waals surface area contributed by atoms with E-state index < -0.39 is 17.9 Å². The van der Waals surface area contributed by atoms with Crippen molar-refractivity contribution < 1.29 is 24.2 Å². The number of carboxylic acid groups (broad SMARTS) is 1. The maximum absolute atomic E-state index is 12.6. The van der Waals surface area contributed by atoms with Crippen molar-refractivity contribution >= 4 is 17.8 Å². The summed E-state index contributed by atoms with van der Waals surface area (Å²) in [7, 11) is 1.55. The molecule has 0 heterocycles. The van der Waals surface area contributed by atoms with Gasteiger partial charge in [0.15, 0.2) is 0 Å². The van der Waals surface area contributed by atoms with Gasteiger partial charge in [0.05, 0.1) is 13.0 Å². The third-order valence-corrected chi connectivity index (χ3v) is 4.72. The minimum atomic E-state index is -0.824. The molecule has 3 atom stereocenters. The van der Waals surface area contributed by atoms with Crippen molar-refractivity contribution in [1.82, 2.24) is 10.6 Å². The van der Waals surface area contributed by atoms with Gasteiger partial charge >= 0.3 is 5.97 Å². The molecule has 2 amide bonds. The SMILES string of the molecule is COc1ccc(C(=O)NC(C(=O)N[C@@H]2CC[C@H](C(=O)O)C2)C(C)C)cc1. The summed E-state index contributed by atoms with van der Waals surface area (Å²) in [5.74, 6) is -1.31. The van der Waals surface area contributed by atoms with Crippen LogP contribution < -0.4 is 15.4 Å². The highest BCUT2D eigenvalue weighted by Gasteiger charge is 2.33. The molecule has 3 N–H and O–H groups in total. The fourth-order valence-corrected chi connectivity index (χ4v) is 3.13. The van der Waals surface area contributed by atoms with E-state index in [0.29, 0.717) is 30.6 Å². The Balaban J connectivity index is 1.97. The molecule has 0 aromatic heterocycles. The smallest absolute Gasteiger partial charge is 0.306 e. The molecule has 1 saturated carbocycles. The third-order valence-electron chi connectivity index (χ3n) is 4.72. The standard InChI is InChI=1S/C19H26N2O5/c1-11(2)16(18(23)20-14-7-4-13(10-14)19(24)25)21-17(22)12-5-8-15(26-3)9-6-12/h5-6,8-9,11,13-14,16H,4,7,10H2,1-3H3,(H,20,23)(H,21,22)(H,24,25)/t13-,14+,16?/m0/s1. The van der Waals surface area contributed by atoms with Gasteiger partial charge in [0.2, 0.25) is 5.91 Å². The predicted octanol–water partition coefficient (Wildman–Crippen LogP) is 1.82. The van der Waals surface area contributed by atoms with Crippen LogP contribution in [0.5, 0.6) is 5.75 Å². The van der Waals surface area contributed by atoms with Crippen LogP contribution in [0.3, 0.4) is 0 Å². The van der Waals surface area contributed by atoms with Crippen LogP contribution in [0.4, 0.5) is 0 Å². The van der Waals surface area contributed by atoms with Gasteiger partial charge in [-0.1, -0.05) is 13.8 Å². The highest BCUT2D eigenvalue weighted by molar-refractivity contribution is 5.97. The summed E-state index contributed by atoms with van der Waals surface area (Å²) < 4.78 is 5.07. The second kappa shape index (κ2) is 8.69. The lowest BCUT2D eigenvalue weighted by molar-refractivity contribution is -0.141. The summed E-state index contributed by atoms with van der Waals surface area (Å²) in [6.45, 7) is 3.71. The number of hydrogen-bond donors (Lipinski definition) is 3. The van der Waals surface area contributed by atoms with E-state index in [9.17, 15) is 14.4 Å². The first-order valence-electron chi connectivity index (χ1n) is 8.80. The lowest BCUT2D eigenvalue weighted by atomic mass is 10.0. The molecule has 7 nitrogen and oxygen atoms in total. The molecule has 1 aromatic carbocycles. The first-order valence-corrected chi connectivity index (χ1v) is 8.80. The van der Waals surface area contributed by atoms with E-state index in [1.165, 1.54) is 0 Å². The molecular weight excluding hydrogens is 336 g/mol. The first-order chi connectivity index (χ1) is 12.3. The van der Waals surface area contributed by atoms with E-state index in [1.54, 1.807) is 31.4 Å². The average molecular weight is 362 g/mol. The molecule has 2 rings (SSSR count). The van der Waals surface area contributed by atoms with Crippen molar-refractivity contribution in [1.29, 1.82) is 0 Å². The highest BCUT2D eigenvalue weighted by Crippen LogP contribution is 2.25. The quantitative estimate of drug-likeness (QED) is 0.686. The number of carbonyl (C=O) groups excluding carboxylic acids is 2. The Morgan fingerprint density at radius 3 is 2.31 bits per heavy atom. The molecule has 0 bridgehead atoms. The Morgan fingerprint density at radius 2 is 1.81 bits per heavy atom. The Hall–Kier alpha value is -2.57. The second-order valence-electron chi connectivity index (χ2n) is 6.98. The molecule has 1 fully saturated rings. The lowest BCUT2D eigenvalue weighted by Gasteiger charge is -2.24. The van der Waals surface area contributed by atoms with Crippen LogP contribution in [0.1, 0.15) is 43.5 Å². The lowest BCUT2D eigenvalue weighted by Crippen LogP contribution is -2.51. The number of carbonyl (C=O) groups is 3. The van der Waals surface area contributed by atoms with E-state index in [2.05, 4.69) is 10.6 Å². The van der Waals surface area contributed by atoms with Crippen molar-refractivity contribution in [2.75, 3.05) is 7.11 Å². The van der Waals surface area contributed by atoms with E-state index in [-0.39, 0.29) is 23.8 Å². The van der Waals surface area contributed by atoms with Crippen LogP contribution in [0.25, 0.3) is 0 Å². The number of benzene rings is 1. The molecule has 1 unspecified atom stereocenters. The van der Waals surface area contributed by atoms with Gasteiger partial charge in [-0.3, -0.25) is 14.4 Å². The van der Waals surface area contributed by atoms with Crippen LogP contribution in [-0.4, -0.2) is 42.1 Å². The minimum absolute atomic E-state index is 0.103. The summed E-state index contributed by atoms with van der Waals surface area (Å²) in [4.78, 5) is 36.1. The Kier molecular flexibility index (Phi) is 6.60. The number of methoxy groups -OCH3 is 1. The van der Waals surface area contributed by atoms with E-state index in [0.717, 1.165) is 0 Å². The number of nitrogens with one attached hydrogen (secondary N) is 2. The second-order valence-corrected chi connectivity index (χ2v) is 6.98. The zero-order valence-corrected chi connectivity index (χ0v) is 15.3. The molecule has 7 heteroatoms. The Labute approximate surface area is 153 Å². The van der Waals surface area contributed by atoms with Gasteiger partial charge < -0.3 is 20.5 Å². The zero-order valence-electron chi connectivity index (χ0n) is 15.3. The molecule has 0 spiro atoms. The molecule has 1 aliphatic rings. The number of aliphatic carboxylic acids is 1. The summed E-state index contributed by atoms with van der Waals surface area (Å²) in [6.07, 6.45) is 1.63. The monoisotopic (exact) mass is 362 g/mol. The van der Waals surface area contributed by atoms with Crippen molar-refractivity contribution in [3.05, 3.63) is 29.8 Å². The number of ether oxygens (including phenoxy) is 1. The minimum Gasteiger partial charge on any atom is -0.497 e. The van der Waals surface area contributed by atoms with Gasteiger partial charge in [-0.05, 0) is 49.4 Å². The molecule has 0 radical (unpaired) electrons. The highest BCUT2D eigenvalue weighted by atomic mass is 16.5. The molecule has 1 aliphatic carbocycles. The van der Waals surface area contributed by atoms with Gasteiger partial charge in [-0.25, -0.2) is 0 Å². The molecule has 0 saturated heterocycles. The maximum Gasteiger partial charge on any atom is 0.306 e. The van der Waals surface area contributed by atoms with Crippen LogP contribution >= 0.6 is 0 Å². The first kappa shape index (κ1) is 19.8. The topological polar surface area (TPSA) is 105 Å². The molecule has 26 heavy (non-hydrogen) atoms. The van der Waals surface area contributed by atoms with Crippen molar-refractivity contribution in [2.45, 2.75) is 45.2 Å². The normalized spacial score (nSPS) is 20.5. The van der Waals surface area contributed by atoms with Crippen LogP contribution in [0, 0.1) is 11.8 Å². The Bertz CT molecular complexity index is 656. The van der Waals surface area contributed by atoms with Crippen molar-refractivity contribution in [3.8, 4) is 5.75 Å². The summed E-state index contributed by atoms with van der Waals surface area (Å²) in [5.41, 5.74) is 0.441. The molecular formula is C19H26N2O5. The van der Waals surface area contributed by atoms with Crippen LogP contribution in [-0.2, 0) is 9.59 Å². The third kappa shape index (κ3) is 4.97. The van der Waals surface area contributed by atoms with E-state index in [1.807, 2.05) is 13.8 Å². The van der Waals surface area contributed by atoms with Crippen molar-refractivity contribution in [3.63, 3.8) is 0 Å². The number of rotatable bonds is 7. The zero-order chi connectivity index (χ0) is 19.3. The Morgan fingerprint density at radius 1 is 1.15 bits per heavy atom. The van der Waals surface area contributed by atoms with Gasteiger partial charge in [0.25, 0.3) is 5.91 Å². The van der Waals surface area contributed by atoms with E-state index >= 15 is 0 Å². The summed E-state index contributed by atoms with van der Waals surface area (Å²) >= 11 is 0. The number of amides is 2. The van der Waals surface area contributed by atoms with Gasteiger partial charge in [-0.2, -0.15) is 0 Å². The fraction of sp³-hybridized carbons (Fsp3) is 0.526. The van der Waals surface area contributed by atoms with Gasteiger partial charge in [-0.15, -0.1) is 0 Å². The number of carboxylic acids is 1. The average Bonchev–Trinajstić information content (AvgIpc) is 3.07. The largest absolute Gasteiger partial charge is 0.497 e. The fourth-order valence-electron chi connectivity index (χ4n) is 3.13. The number of hydrogen-bond acceptors (Lipinski definition) is 4. The van der Waals surface area contributed by atoms with E-state index in [4.69, 9.17) is 9.84 Å². The van der Waals surface area contributed by atoms with Crippen LogP contribution in [0.2, 0.25) is 0 Å². The van der Waals surface area contributed by atoms with Gasteiger partial charge in [0, 0.05) is 11.6 Å². The summed E-state index contributed by atoms with van der Waals surface area (Å²) in [5, 5.41) is 14.7. The maximum atomic E-state index is 12.6. The van der Waals surface area contributed by atoms with Crippen molar-refractivity contribution in [2.24, 2.45) is 11.8 Å². The predicted molar refractivity (Wildman–Crippen MR) is 96.0 cm³/mol. The molecule has 0 aliphatic heterocycles. The molecule has 142 valence electrons. The van der Waals surface area contributed by atoms with Gasteiger partial charge in [0.1, 0.15) is 11.8 Å². The molecule has 1 aromatic rings. The summed E-state index contributed by atoms with van der Waals surface area (Å²) in [6, 6.07) is 5.79.